The van der Waals surface area contributed by atoms with E-state index in [1.54, 1.807) is 25.2 Å². The highest BCUT2D eigenvalue weighted by molar-refractivity contribution is 5.97. The topological polar surface area (TPSA) is 97.6 Å². The molecule has 0 aliphatic carbocycles. The van der Waals surface area contributed by atoms with Crippen LogP contribution in [0, 0.1) is 0 Å². The molecule has 1 aliphatic heterocycles. The van der Waals surface area contributed by atoms with Gasteiger partial charge in [-0.1, -0.05) is 42.4 Å². The predicted octanol–water partition coefficient (Wildman–Crippen LogP) is 2.63. The summed E-state index contributed by atoms with van der Waals surface area (Å²) >= 11 is 0. The van der Waals surface area contributed by atoms with Crippen LogP contribution in [0.2, 0.25) is 0 Å². The Morgan fingerprint density at radius 3 is 2.83 bits per heavy atom. The van der Waals surface area contributed by atoms with Crippen LogP contribution in [0.4, 0.5) is 5.69 Å². The van der Waals surface area contributed by atoms with Crippen LogP contribution < -0.4 is 15.0 Å². The Kier molecular flexibility index (Phi) is 4.99. The summed E-state index contributed by atoms with van der Waals surface area (Å²) < 4.78 is 10.6. The number of aromatic nitrogens is 2. The molecule has 3 aromatic rings. The second-order valence-corrected chi connectivity index (χ2v) is 6.87. The van der Waals surface area contributed by atoms with E-state index in [0.717, 1.165) is 5.56 Å². The third kappa shape index (κ3) is 3.82. The molecule has 0 spiro atoms. The molecule has 4 rings (SSSR count). The highest BCUT2D eigenvalue weighted by atomic mass is 16.5. The average Bonchev–Trinajstić information content (AvgIpc) is 3.25. The number of nitrogens with one attached hydrogen (secondary N) is 1. The van der Waals surface area contributed by atoms with E-state index in [2.05, 4.69) is 15.5 Å². The van der Waals surface area contributed by atoms with Crippen LogP contribution in [0.15, 0.2) is 53.1 Å². The van der Waals surface area contributed by atoms with Crippen molar-refractivity contribution >= 4 is 17.5 Å². The summed E-state index contributed by atoms with van der Waals surface area (Å²) in [5, 5.41) is 6.71. The monoisotopic (exact) mass is 392 g/mol. The van der Waals surface area contributed by atoms with Crippen molar-refractivity contribution in [3.63, 3.8) is 0 Å². The van der Waals surface area contributed by atoms with E-state index in [1.807, 2.05) is 37.3 Å². The number of nitrogens with zero attached hydrogens (tertiary/aromatic N) is 3. The van der Waals surface area contributed by atoms with Gasteiger partial charge in [-0.05, 0) is 29.7 Å². The number of benzene rings is 2. The summed E-state index contributed by atoms with van der Waals surface area (Å²) in [6.45, 7) is 2.46. The molecule has 0 fully saturated rings. The van der Waals surface area contributed by atoms with Crippen molar-refractivity contribution < 1.29 is 18.8 Å². The minimum atomic E-state index is -0.425. The summed E-state index contributed by atoms with van der Waals surface area (Å²) in [6.07, 6.45) is 0. The van der Waals surface area contributed by atoms with Gasteiger partial charge < -0.3 is 19.5 Å². The van der Waals surface area contributed by atoms with Gasteiger partial charge in [0.15, 0.2) is 6.61 Å². The highest BCUT2D eigenvalue weighted by Crippen LogP contribution is 2.34. The maximum Gasteiger partial charge on any atom is 0.316 e. The Hall–Kier alpha value is -3.68. The van der Waals surface area contributed by atoms with Crippen LogP contribution in [-0.2, 0) is 4.79 Å². The lowest BCUT2D eigenvalue weighted by Gasteiger charge is -2.25. The predicted molar refractivity (Wildman–Crippen MR) is 106 cm³/mol. The summed E-state index contributed by atoms with van der Waals surface area (Å²) in [7, 11) is 1.69. The van der Waals surface area contributed by atoms with Crippen molar-refractivity contribution in [3.05, 3.63) is 60.0 Å². The molecule has 1 aliphatic rings. The summed E-state index contributed by atoms with van der Waals surface area (Å²) in [6, 6.07) is 15.1. The van der Waals surface area contributed by atoms with E-state index in [9.17, 15) is 9.59 Å². The van der Waals surface area contributed by atoms with E-state index in [0.29, 0.717) is 23.5 Å². The minimum absolute atomic E-state index is 0.0214. The van der Waals surface area contributed by atoms with Gasteiger partial charge in [-0.25, -0.2) is 0 Å². The molecule has 0 unspecified atom stereocenters. The molecule has 2 amide bonds. The number of hydrogen-bond acceptors (Lipinski definition) is 6. The maximum absolute atomic E-state index is 12.4. The lowest BCUT2D eigenvalue weighted by molar-refractivity contribution is -0.120. The van der Waals surface area contributed by atoms with Gasteiger partial charge in [0.2, 0.25) is 5.82 Å². The molecule has 8 nitrogen and oxygen atoms in total. The standard InChI is InChI=1S/C21H20N4O4/c1-13(14-6-4-3-5-7-14)11-22-20(27)21-23-19(24-29-21)15-8-9-16-17(10-15)28-12-18(26)25(16)2/h3-10,13H,11-12H2,1-2H3,(H,22,27)/t13-/m0/s1. The van der Waals surface area contributed by atoms with Gasteiger partial charge in [-0.2, -0.15) is 4.98 Å². The Balaban J connectivity index is 1.44. The molecular formula is C21H20N4O4. The van der Waals surface area contributed by atoms with E-state index in [1.165, 1.54) is 4.90 Å². The van der Waals surface area contributed by atoms with Gasteiger partial charge >= 0.3 is 11.8 Å². The molecule has 2 heterocycles. The first-order valence-electron chi connectivity index (χ1n) is 9.23. The molecule has 29 heavy (non-hydrogen) atoms. The molecule has 1 N–H and O–H groups in total. The molecule has 0 saturated heterocycles. The molecular weight excluding hydrogens is 372 g/mol. The number of ether oxygens (including phenoxy) is 1. The van der Waals surface area contributed by atoms with Gasteiger partial charge in [0.25, 0.3) is 5.91 Å². The van der Waals surface area contributed by atoms with E-state index in [-0.39, 0.29) is 30.1 Å². The van der Waals surface area contributed by atoms with Crippen molar-refractivity contribution in [3.8, 4) is 17.1 Å². The molecule has 1 aromatic heterocycles. The summed E-state index contributed by atoms with van der Waals surface area (Å²) in [5.41, 5.74) is 2.44. The van der Waals surface area contributed by atoms with Crippen LogP contribution in [0.3, 0.4) is 0 Å². The van der Waals surface area contributed by atoms with Gasteiger partial charge in [-0.15, -0.1) is 0 Å². The van der Waals surface area contributed by atoms with Gasteiger partial charge in [0.05, 0.1) is 5.69 Å². The number of carbonyl (C=O) groups is 2. The van der Waals surface area contributed by atoms with Crippen molar-refractivity contribution in [2.45, 2.75) is 12.8 Å². The van der Waals surface area contributed by atoms with Crippen molar-refractivity contribution in [2.24, 2.45) is 0 Å². The Morgan fingerprint density at radius 2 is 2.03 bits per heavy atom. The quantitative estimate of drug-likeness (QED) is 0.717. The lowest BCUT2D eigenvalue weighted by Crippen LogP contribution is -2.35. The van der Waals surface area contributed by atoms with Crippen molar-refractivity contribution in [1.82, 2.24) is 15.5 Å². The number of amides is 2. The van der Waals surface area contributed by atoms with Crippen LogP contribution in [-0.4, -0.2) is 42.2 Å². The van der Waals surface area contributed by atoms with Crippen LogP contribution in [0.1, 0.15) is 29.1 Å². The Morgan fingerprint density at radius 1 is 1.24 bits per heavy atom. The number of fused-ring (bicyclic) bond motifs is 1. The van der Waals surface area contributed by atoms with Crippen molar-refractivity contribution in [2.75, 3.05) is 25.1 Å². The van der Waals surface area contributed by atoms with Crippen molar-refractivity contribution in [1.29, 1.82) is 0 Å². The third-order valence-electron chi connectivity index (χ3n) is 4.86. The zero-order chi connectivity index (χ0) is 20.4. The second-order valence-electron chi connectivity index (χ2n) is 6.87. The third-order valence-corrected chi connectivity index (χ3v) is 4.86. The fraction of sp³-hybridized carbons (Fsp3) is 0.238. The van der Waals surface area contributed by atoms with Gasteiger partial charge in [-0.3, -0.25) is 9.59 Å². The van der Waals surface area contributed by atoms with Crippen LogP contribution >= 0.6 is 0 Å². The minimum Gasteiger partial charge on any atom is -0.482 e. The molecule has 0 radical (unpaired) electrons. The number of anilines is 1. The first kappa shape index (κ1) is 18.7. The first-order chi connectivity index (χ1) is 14.0. The zero-order valence-electron chi connectivity index (χ0n) is 16.1. The number of hydrogen-bond donors (Lipinski definition) is 1. The molecule has 0 bridgehead atoms. The highest BCUT2D eigenvalue weighted by Gasteiger charge is 2.24. The number of carbonyl (C=O) groups excluding carboxylic acids is 2. The molecule has 2 aromatic carbocycles. The van der Waals surface area contributed by atoms with Crippen LogP contribution in [0.5, 0.6) is 5.75 Å². The fourth-order valence-electron chi connectivity index (χ4n) is 3.07. The fourth-order valence-corrected chi connectivity index (χ4v) is 3.07. The smallest absolute Gasteiger partial charge is 0.316 e. The maximum atomic E-state index is 12.4. The van der Waals surface area contributed by atoms with E-state index >= 15 is 0 Å². The van der Waals surface area contributed by atoms with Gasteiger partial charge in [0, 0.05) is 19.2 Å². The summed E-state index contributed by atoms with van der Waals surface area (Å²) in [5.74, 6) is 0.333. The lowest BCUT2D eigenvalue weighted by atomic mass is 10.0. The zero-order valence-corrected chi connectivity index (χ0v) is 16.1. The second kappa shape index (κ2) is 7.75. The number of rotatable bonds is 5. The largest absolute Gasteiger partial charge is 0.482 e. The van der Waals surface area contributed by atoms with E-state index < -0.39 is 5.91 Å². The van der Waals surface area contributed by atoms with Crippen LogP contribution in [0.25, 0.3) is 11.4 Å². The van der Waals surface area contributed by atoms with E-state index in [4.69, 9.17) is 9.26 Å². The molecule has 0 saturated carbocycles. The number of likely N-dealkylation sites (N-methyl/N-ethyl adjacent to an activating group) is 1. The Labute approximate surface area is 167 Å². The molecule has 8 heteroatoms. The normalized spacial score (nSPS) is 14.1. The molecule has 148 valence electrons. The van der Waals surface area contributed by atoms with Gasteiger partial charge in [0.1, 0.15) is 5.75 Å². The first-order valence-corrected chi connectivity index (χ1v) is 9.23. The Bertz CT molecular complexity index is 1050. The average molecular weight is 392 g/mol. The summed E-state index contributed by atoms with van der Waals surface area (Å²) in [4.78, 5) is 29.8. The molecule has 1 atom stereocenters. The SMILES string of the molecule is C[C@@H](CNC(=O)c1nc(-c2ccc3c(c2)OCC(=O)N3C)no1)c1ccccc1.